The summed E-state index contributed by atoms with van der Waals surface area (Å²) in [6.45, 7) is 0. The minimum atomic E-state index is -3.62. The SMILES string of the molecule is O=C1CC2c3cccn3S(=O)(=O)c3ccccc3N12. The van der Waals surface area contributed by atoms with E-state index in [0.717, 1.165) is 0 Å². The van der Waals surface area contributed by atoms with E-state index in [9.17, 15) is 13.2 Å². The molecule has 6 heteroatoms. The van der Waals surface area contributed by atoms with Crippen molar-refractivity contribution < 1.29 is 13.2 Å². The maximum Gasteiger partial charge on any atom is 0.269 e. The van der Waals surface area contributed by atoms with Crippen molar-refractivity contribution in [3.63, 3.8) is 0 Å². The van der Waals surface area contributed by atoms with Crippen molar-refractivity contribution in [2.75, 3.05) is 4.90 Å². The lowest BCUT2D eigenvalue weighted by molar-refractivity contribution is -0.124. The van der Waals surface area contributed by atoms with Gasteiger partial charge in [0.05, 0.1) is 23.8 Å². The molecule has 1 fully saturated rings. The number of hydrogen-bond acceptors (Lipinski definition) is 3. The molecule has 2 aliphatic rings. The summed E-state index contributed by atoms with van der Waals surface area (Å²) in [5.74, 6) is -0.0395. The Morgan fingerprint density at radius 1 is 1.11 bits per heavy atom. The van der Waals surface area contributed by atoms with Crippen molar-refractivity contribution in [1.29, 1.82) is 0 Å². The summed E-state index contributed by atoms with van der Waals surface area (Å²) >= 11 is 0. The van der Waals surface area contributed by atoms with Crippen LogP contribution in [0.2, 0.25) is 0 Å². The fourth-order valence-electron chi connectivity index (χ4n) is 2.79. The van der Waals surface area contributed by atoms with Gasteiger partial charge in [-0.2, -0.15) is 0 Å². The third-order valence-electron chi connectivity index (χ3n) is 3.69. The minimum Gasteiger partial charge on any atom is -0.301 e. The molecule has 1 saturated heterocycles. The van der Waals surface area contributed by atoms with Gasteiger partial charge in [0.15, 0.2) is 0 Å². The van der Waals surface area contributed by atoms with Crippen molar-refractivity contribution in [1.82, 2.24) is 3.97 Å². The monoisotopic (exact) mass is 274 g/mol. The standard InChI is InChI=1S/C13H10N2O3S/c16-13-8-11-9-5-3-7-14(9)19(17,18)12-6-2-1-4-10(12)15(11)13/h1-7,11H,8H2. The maximum atomic E-state index is 12.6. The van der Waals surface area contributed by atoms with Gasteiger partial charge in [-0.05, 0) is 24.3 Å². The molecule has 0 radical (unpaired) electrons. The van der Waals surface area contributed by atoms with Crippen LogP contribution in [0.3, 0.4) is 0 Å². The van der Waals surface area contributed by atoms with Gasteiger partial charge >= 0.3 is 0 Å². The van der Waals surface area contributed by atoms with Gasteiger partial charge in [0.25, 0.3) is 10.0 Å². The van der Waals surface area contributed by atoms with Crippen LogP contribution in [0.1, 0.15) is 18.2 Å². The van der Waals surface area contributed by atoms with E-state index in [2.05, 4.69) is 0 Å². The first kappa shape index (κ1) is 10.8. The second-order valence-electron chi connectivity index (χ2n) is 4.69. The molecular weight excluding hydrogens is 264 g/mol. The summed E-state index contributed by atoms with van der Waals surface area (Å²) < 4.78 is 26.5. The second-order valence-corrected chi connectivity index (χ2v) is 6.47. The highest BCUT2D eigenvalue weighted by atomic mass is 32.2. The highest BCUT2D eigenvalue weighted by Gasteiger charge is 2.45. The molecule has 2 aromatic rings. The maximum absolute atomic E-state index is 12.6. The lowest BCUT2D eigenvalue weighted by atomic mass is 9.97. The molecule has 19 heavy (non-hydrogen) atoms. The van der Waals surface area contributed by atoms with E-state index in [0.29, 0.717) is 17.8 Å². The number of para-hydroxylation sites is 1. The van der Waals surface area contributed by atoms with Gasteiger partial charge in [-0.15, -0.1) is 0 Å². The topological polar surface area (TPSA) is 59.4 Å². The summed E-state index contributed by atoms with van der Waals surface area (Å²) in [4.78, 5) is 13.6. The van der Waals surface area contributed by atoms with Crippen LogP contribution >= 0.6 is 0 Å². The van der Waals surface area contributed by atoms with Crippen LogP contribution in [0.25, 0.3) is 0 Å². The number of fused-ring (bicyclic) bond motifs is 5. The molecule has 96 valence electrons. The molecule has 1 atom stereocenters. The zero-order valence-electron chi connectivity index (χ0n) is 9.85. The summed E-state index contributed by atoms with van der Waals surface area (Å²) in [7, 11) is -3.62. The fourth-order valence-corrected chi connectivity index (χ4v) is 4.38. The highest BCUT2D eigenvalue weighted by Crippen LogP contribution is 2.45. The Labute approximate surface area is 110 Å². The summed E-state index contributed by atoms with van der Waals surface area (Å²) in [6, 6.07) is 9.92. The Morgan fingerprint density at radius 2 is 1.89 bits per heavy atom. The van der Waals surface area contributed by atoms with Crippen LogP contribution in [0.4, 0.5) is 5.69 Å². The highest BCUT2D eigenvalue weighted by molar-refractivity contribution is 7.90. The van der Waals surface area contributed by atoms with Crippen molar-refractivity contribution in [3.05, 3.63) is 48.3 Å². The van der Waals surface area contributed by atoms with Crippen LogP contribution in [-0.4, -0.2) is 18.3 Å². The number of anilines is 1. The first-order valence-corrected chi connectivity index (χ1v) is 7.38. The van der Waals surface area contributed by atoms with Crippen molar-refractivity contribution in [2.24, 2.45) is 0 Å². The molecule has 0 N–H and O–H groups in total. The van der Waals surface area contributed by atoms with Gasteiger partial charge in [0.1, 0.15) is 4.90 Å². The molecule has 0 bridgehead atoms. The summed E-state index contributed by atoms with van der Waals surface area (Å²) in [6.07, 6.45) is 1.89. The Balaban J connectivity index is 2.13. The van der Waals surface area contributed by atoms with Crippen LogP contribution in [-0.2, 0) is 14.8 Å². The Morgan fingerprint density at radius 3 is 2.68 bits per heavy atom. The van der Waals surface area contributed by atoms with E-state index < -0.39 is 10.0 Å². The molecule has 0 spiro atoms. The number of amides is 1. The van der Waals surface area contributed by atoms with Crippen LogP contribution in [0.15, 0.2) is 47.5 Å². The summed E-state index contributed by atoms with van der Waals surface area (Å²) in [5.41, 5.74) is 1.13. The van der Waals surface area contributed by atoms with Crippen LogP contribution in [0, 0.1) is 0 Å². The van der Waals surface area contributed by atoms with Gasteiger partial charge in [-0.1, -0.05) is 12.1 Å². The smallest absolute Gasteiger partial charge is 0.269 e. The second kappa shape index (κ2) is 3.27. The van der Waals surface area contributed by atoms with E-state index in [1.54, 1.807) is 41.3 Å². The zero-order valence-corrected chi connectivity index (χ0v) is 10.7. The third kappa shape index (κ3) is 1.19. The molecule has 1 unspecified atom stereocenters. The average molecular weight is 274 g/mol. The molecule has 4 rings (SSSR count). The first-order chi connectivity index (χ1) is 9.10. The largest absolute Gasteiger partial charge is 0.301 e. The molecule has 1 aromatic carbocycles. The van der Waals surface area contributed by atoms with Crippen molar-refractivity contribution in [3.8, 4) is 0 Å². The molecular formula is C13H10N2O3S. The summed E-state index contributed by atoms with van der Waals surface area (Å²) in [5, 5.41) is 0. The molecule has 5 nitrogen and oxygen atoms in total. The van der Waals surface area contributed by atoms with Gasteiger partial charge in [0, 0.05) is 6.20 Å². The lowest BCUT2D eigenvalue weighted by Crippen LogP contribution is -2.46. The molecule has 0 aliphatic carbocycles. The third-order valence-corrected chi connectivity index (χ3v) is 5.45. The number of carbonyl (C=O) groups is 1. The van der Waals surface area contributed by atoms with E-state index >= 15 is 0 Å². The van der Waals surface area contributed by atoms with E-state index in [1.165, 1.54) is 10.2 Å². The van der Waals surface area contributed by atoms with Gasteiger partial charge < -0.3 is 4.90 Å². The fraction of sp³-hybridized carbons (Fsp3) is 0.154. The molecule has 0 saturated carbocycles. The number of rotatable bonds is 0. The zero-order chi connectivity index (χ0) is 13.2. The Bertz CT molecular complexity index is 807. The van der Waals surface area contributed by atoms with Crippen LogP contribution in [0.5, 0.6) is 0 Å². The Kier molecular flexibility index (Phi) is 1.86. The van der Waals surface area contributed by atoms with E-state index in [1.807, 2.05) is 0 Å². The molecule has 3 heterocycles. The van der Waals surface area contributed by atoms with E-state index in [-0.39, 0.29) is 16.8 Å². The van der Waals surface area contributed by atoms with E-state index in [4.69, 9.17) is 0 Å². The first-order valence-electron chi connectivity index (χ1n) is 5.94. The quantitative estimate of drug-likeness (QED) is 0.684. The molecule has 1 amide bonds. The number of carbonyl (C=O) groups excluding carboxylic acids is 1. The van der Waals surface area contributed by atoms with Crippen molar-refractivity contribution in [2.45, 2.75) is 17.4 Å². The lowest BCUT2D eigenvalue weighted by Gasteiger charge is -2.39. The predicted molar refractivity (Wildman–Crippen MR) is 68.3 cm³/mol. The minimum absolute atomic E-state index is 0.0395. The van der Waals surface area contributed by atoms with Gasteiger partial charge in [-0.25, -0.2) is 12.4 Å². The number of benzene rings is 1. The number of aromatic nitrogens is 1. The normalized spacial score (nSPS) is 22.8. The molecule has 2 aliphatic heterocycles. The average Bonchev–Trinajstić information content (AvgIpc) is 2.83. The number of nitrogens with zero attached hydrogens (tertiary/aromatic N) is 2. The van der Waals surface area contributed by atoms with Gasteiger partial charge in [0.2, 0.25) is 5.91 Å². The van der Waals surface area contributed by atoms with Gasteiger partial charge in [-0.3, -0.25) is 4.79 Å². The Hall–Kier alpha value is -2.08. The van der Waals surface area contributed by atoms with Crippen molar-refractivity contribution >= 4 is 21.6 Å². The predicted octanol–water partition coefficient (Wildman–Crippen LogP) is 1.52. The molecule has 1 aromatic heterocycles. The number of hydrogen-bond donors (Lipinski definition) is 0. The van der Waals surface area contributed by atoms with Crippen LogP contribution < -0.4 is 4.90 Å². The number of β-lactam (4-membered cyclic amide) rings is 1.